The van der Waals surface area contributed by atoms with Crippen LogP contribution in [0.5, 0.6) is 5.75 Å². The summed E-state index contributed by atoms with van der Waals surface area (Å²) < 4.78 is 5.82. The van der Waals surface area contributed by atoms with Crippen molar-refractivity contribution in [3.63, 3.8) is 0 Å². The third-order valence-electron chi connectivity index (χ3n) is 3.82. The number of rotatable bonds is 7. The van der Waals surface area contributed by atoms with E-state index < -0.39 is 17.8 Å². The first-order valence-corrected chi connectivity index (χ1v) is 8.10. The summed E-state index contributed by atoms with van der Waals surface area (Å²) in [5, 5.41) is 10.2. The van der Waals surface area contributed by atoms with Crippen LogP contribution in [0.1, 0.15) is 55.3 Å². The van der Waals surface area contributed by atoms with Crippen LogP contribution >= 0.6 is 0 Å². The number of nitrogens with one attached hydrogen (secondary N) is 2. The number of carboxylic acids is 1. The van der Waals surface area contributed by atoms with Gasteiger partial charge in [-0.15, -0.1) is 0 Å². The van der Waals surface area contributed by atoms with E-state index >= 15 is 0 Å². The van der Waals surface area contributed by atoms with Crippen molar-refractivity contribution in [3.8, 4) is 5.75 Å². The lowest BCUT2D eigenvalue weighted by atomic mass is 10.2. The van der Waals surface area contributed by atoms with E-state index in [2.05, 4.69) is 10.9 Å². The molecule has 0 bridgehead atoms. The molecule has 1 aromatic rings. The Labute approximate surface area is 140 Å². The second-order valence-corrected chi connectivity index (χ2v) is 5.78. The van der Waals surface area contributed by atoms with E-state index in [-0.39, 0.29) is 25.4 Å². The van der Waals surface area contributed by atoms with Crippen LogP contribution in [0.4, 0.5) is 0 Å². The summed E-state index contributed by atoms with van der Waals surface area (Å²) in [7, 11) is 0. The van der Waals surface area contributed by atoms with Gasteiger partial charge in [0.05, 0.1) is 6.10 Å². The number of hydrazine groups is 1. The van der Waals surface area contributed by atoms with E-state index in [1.54, 1.807) is 24.3 Å². The van der Waals surface area contributed by atoms with Crippen LogP contribution in [0.25, 0.3) is 0 Å². The van der Waals surface area contributed by atoms with E-state index in [1.165, 1.54) is 12.8 Å². The first-order valence-electron chi connectivity index (χ1n) is 8.10. The predicted octanol–water partition coefficient (Wildman–Crippen LogP) is 0.689. The zero-order chi connectivity index (χ0) is 17.4. The molecule has 0 unspecified atom stereocenters. The number of amides is 2. The molecule has 0 radical (unpaired) electrons. The molecule has 1 saturated carbocycles. The number of aliphatic carboxylic acids is 1. The van der Waals surface area contributed by atoms with E-state index in [9.17, 15) is 19.5 Å². The van der Waals surface area contributed by atoms with E-state index in [0.29, 0.717) is 5.56 Å². The molecule has 130 valence electrons. The van der Waals surface area contributed by atoms with Gasteiger partial charge in [-0.3, -0.25) is 20.4 Å². The molecule has 0 heterocycles. The molecule has 0 spiro atoms. The quantitative estimate of drug-likeness (QED) is 0.714. The largest absolute Gasteiger partial charge is 0.550 e. The highest BCUT2D eigenvalue weighted by molar-refractivity contribution is 5.95. The molecule has 2 amide bonds. The maximum absolute atomic E-state index is 11.9. The summed E-state index contributed by atoms with van der Waals surface area (Å²) in [6.07, 6.45) is 4.73. The van der Waals surface area contributed by atoms with E-state index in [1.807, 2.05) is 0 Å². The molecule has 1 aliphatic rings. The number of carboxylic acid groups (broad SMARTS) is 1. The molecule has 0 saturated heterocycles. The summed E-state index contributed by atoms with van der Waals surface area (Å²) in [5.41, 5.74) is 4.92. The Morgan fingerprint density at radius 2 is 1.71 bits per heavy atom. The van der Waals surface area contributed by atoms with Gasteiger partial charge in [0.2, 0.25) is 5.91 Å². The summed E-state index contributed by atoms with van der Waals surface area (Å²) >= 11 is 0. The van der Waals surface area contributed by atoms with Crippen LogP contribution in [0.2, 0.25) is 0 Å². The first kappa shape index (κ1) is 17.8. The fraction of sp³-hybridized carbons (Fsp3) is 0.471. The van der Waals surface area contributed by atoms with Gasteiger partial charge in [0.25, 0.3) is 5.91 Å². The van der Waals surface area contributed by atoms with Gasteiger partial charge in [0.15, 0.2) is 0 Å². The molecule has 1 aromatic carbocycles. The molecule has 7 nitrogen and oxygen atoms in total. The standard InChI is InChI=1S/C17H22N2O5/c20-15(6-3-7-16(21)22)18-19-17(23)12-8-10-14(11-9-12)24-13-4-1-2-5-13/h8-11,13H,1-7H2,(H,18,20)(H,19,23)(H,21,22)/p-1. The minimum Gasteiger partial charge on any atom is -0.550 e. The minimum atomic E-state index is -1.20. The number of carbonyl (C=O) groups excluding carboxylic acids is 3. The van der Waals surface area contributed by atoms with Gasteiger partial charge in [0.1, 0.15) is 5.75 Å². The monoisotopic (exact) mass is 333 g/mol. The van der Waals surface area contributed by atoms with Gasteiger partial charge in [-0.2, -0.15) is 0 Å². The van der Waals surface area contributed by atoms with Gasteiger partial charge in [0, 0.05) is 18.0 Å². The molecular formula is C17H21N2O5-. The molecule has 24 heavy (non-hydrogen) atoms. The van der Waals surface area contributed by atoms with Crippen molar-refractivity contribution in [2.45, 2.75) is 51.0 Å². The number of ether oxygens (including phenoxy) is 1. The van der Waals surface area contributed by atoms with Crippen LogP contribution in [0.3, 0.4) is 0 Å². The molecule has 0 aliphatic heterocycles. The second-order valence-electron chi connectivity index (χ2n) is 5.78. The smallest absolute Gasteiger partial charge is 0.269 e. The lowest BCUT2D eigenvalue weighted by molar-refractivity contribution is -0.305. The van der Waals surface area contributed by atoms with Crippen LogP contribution in [0.15, 0.2) is 24.3 Å². The van der Waals surface area contributed by atoms with Crippen LogP contribution in [0, 0.1) is 0 Å². The SMILES string of the molecule is O=C([O-])CCCC(=O)NNC(=O)c1ccc(OC2CCCC2)cc1. The Hall–Kier alpha value is -2.57. The van der Waals surface area contributed by atoms with E-state index in [4.69, 9.17) is 4.74 Å². The summed E-state index contributed by atoms with van der Waals surface area (Å²) in [6.45, 7) is 0. The molecule has 7 heteroatoms. The van der Waals surface area contributed by atoms with Crippen molar-refractivity contribution in [1.29, 1.82) is 0 Å². The zero-order valence-electron chi connectivity index (χ0n) is 13.4. The highest BCUT2D eigenvalue weighted by Crippen LogP contribution is 2.24. The number of carbonyl (C=O) groups is 3. The molecule has 2 N–H and O–H groups in total. The number of hydrogen-bond acceptors (Lipinski definition) is 5. The number of benzene rings is 1. The minimum absolute atomic E-state index is 0.00241. The van der Waals surface area contributed by atoms with Crippen LogP contribution in [-0.2, 0) is 9.59 Å². The highest BCUT2D eigenvalue weighted by atomic mass is 16.5. The molecule has 0 atom stereocenters. The second kappa shape index (κ2) is 8.90. The predicted molar refractivity (Wildman–Crippen MR) is 83.8 cm³/mol. The Balaban J connectivity index is 1.73. The Morgan fingerprint density at radius 1 is 1.04 bits per heavy atom. The van der Waals surface area contributed by atoms with Crippen molar-refractivity contribution in [2.75, 3.05) is 0 Å². The van der Waals surface area contributed by atoms with Gasteiger partial charge in [-0.05, 0) is 62.8 Å². The summed E-state index contributed by atoms with van der Waals surface area (Å²) in [6, 6.07) is 6.72. The normalized spacial score (nSPS) is 14.2. The van der Waals surface area contributed by atoms with Gasteiger partial charge in [-0.1, -0.05) is 0 Å². The van der Waals surface area contributed by atoms with Gasteiger partial charge < -0.3 is 14.6 Å². The third kappa shape index (κ3) is 5.91. The fourth-order valence-corrected chi connectivity index (χ4v) is 2.54. The molecule has 1 aliphatic carbocycles. The van der Waals surface area contributed by atoms with Crippen molar-refractivity contribution in [2.24, 2.45) is 0 Å². The Morgan fingerprint density at radius 3 is 2.33 bits per heavy atom. The maximum Gasteiger partial charge on any atom is 0.269 e. The molecular weight excluding hydrogens is 312 g/mol. The lowest BCUT2D eigenvalue weighted by Gasteiger charge is -2.13. The summed E-state index contributed by atoms with van der Waals surface area (Å²) in [5.74, 6) is -1.38. The molecule has 2 rings (SSSR count). The van der Waals surface area contributed by atoms with Crippen molar-refractivity contribution < 1.29 is 24.2 Å². The Bertz CT molecular complexity index is 579. The van der Waals surface area contributed by atoms with Crippen LogP contribution in [-0.4, -0.2) is 23.9 Å². The average molecular weight is 333 g/mol. The maximum atomic E-state index is 11.9. The van der Waals surface area contributed by atoms with Gasteiger partial charge >= 0.3 is 0 Å². The fourth-order valence-electron chi connectivity index (χ4n) is 2.54. The summed E-state index contributed by atoms with van der Waals surface area (Å²) in [4.78, 5) is 33.6. The first-order chi connectivity index (χ1) is 11.5. The van der Waals surface area contributed by atoms with Crippen molar-refractivity contribution in [1.82, 2.24) is 10.9 Å². The zero-order valence-corrected chi connectivity index (χ0v) is 13.4. The molecule has 0 aromatic heterocycles. The Kier molecular flexibility index (Phi) is 6.60. The van der Waals surface area contributed by atoms with Gasteiger partial charge in [-0.25, -0.2) is 0 Å². The molecule has 1 fully saturated rings. The highest BCUT2D eigenvalue weighted by Gasteiger charge is 2.16. The third-order valence-corrected chi connectivity index (χ3v) is 3.82. The lowest BCUT2D eigenvalue weighted by Crippen LogP contribution is -2.41. The van der Waals surface area contributed by atoms with Crippen molar-refractivity contribution >= 4 is 17.8 Å². The topological polar surface area (TPSA) is 108 Å². The van der Waals surface area contributed by atoms with Crippen molar-refractivity contribution in [3.05, 3.63) is 29.8 Å². The average Bonchev–Trinajstić information content (AvgIpc) is 3.06. The van der Waals surface area contributed by atoms with E-state index in [0.717, 1.165) is 18.6 Å². The number of hydrogen-bond donors (Lipinski definition) is 2. The van der Waals surface area contributed by atoms with Crippen LogP contribution < -0.4 is 20.7 Å².